The number of rotatable bonds is 4. The molecule has 7 heteroatoms. The molecular formula is C9H11BrN2O3S. The van der Waals surface area contributed by atoms with E-state index >= 15 is 0 Å². The molecule has 1 aromatic heterocycles. The predicted molar refractivity (Wildman–Crippen MR) is 68.1 cm³/mol. The van der Waals surface area contributed by atoms with Gasteiger partial charge in [-0.25, -0.2) is 0 Å². The monoisotopic (exact) mass is 306 g/mol. The molecule has 0 saturated carbocycles. The van der Waals surface area contributed by atoms with Crippen LogP contribution in [0.4, 0.5) is 5.69 Å². The molecule has 0 bridgehead atoms. The van der Waals surface area contributed by atoms with Crippen molar-refractivity contribution in [1.82, 2.24) is 4.57 Å². The van der Waals surface area contributed by atoms with Gasteiger partial charge >= 0.3 is 0 Å². The number of hydrogen-bond acceptors (Lipinski definition) is 4. The topological polar surface area (TPSA) is 65.1 Å². The van der Waals surface area contributed by atoms with Gasteiger partial charge in [0.25, 0.3) is 11.2 Å². The zero-order chi connectivity index (χ0) is 12.3. The van der Waals surface area contributed by atoms with E-state index < -0.39 is 4.92 Å². The first-order valence-electron chi connectivity index (χ1n) is 4.61. The van der Waals surface area contributed by atoms with E-state index in [1.54, 1.807) is 0 Å². The Labute approximate surface area is 106 Å². The molecule has 16 heavy (non-hydrogen) atoms. The zero-order valence-electron chi connectivity index (χ0n) is 8.59. The van der Waals surface area contributed by atoms with Gasteiger partial charge in [-0.1, -0.05) is 6.92 Å². The van der Waals surface area contributed by atoms with Gasteiger partial charge in [-0.05, 0) is 27.6 Å². The molecule has 0 saturated heterocycles. The summed E-state index contributed by atoms with van der Waals surface area (Å²) < 4.78 is 1.54. The van der Waals surface area contributed by atoms with Crippen LogP contribution >= 0.6 is 28.6 Å². The van der Waals surface area contributed by atoms with Gasteiger partial charge in [0, 0.05) is 12.6 Å². The fraction of sp³-hybridized carbons (Fsp3) is 0.444. The maximum absolute atomic E-state index is 11.7. The van der Waals surface area contributed by atoms with Crippen molar-refractivity contribution in [2.45, 2.75) is 13.5 Å². The maximum atomic E-state index is 11.7. The number of aromatic nitrogens is 1. The molecule has 88 valence electrons. The lowest BCUT2D eigenvalue weighted by Gasteiger charge is -2.10. The van der Waals surface area contributed by atoms with Crippen LogP contribution in [0.25, 0.3) is 0 Å². The van der Waals surface area contributed by atoms with E-state index in [4.69, 9.17) is 0 Å². The predicted octanol–water partition coefficient (Wildman–Crippen LogP) is 2.08. The third kappa shape index (κ3) is 3.08. The van der Waals surface area contributed by atoms with Gasteiger partial charge < -0.3 is 4.57 Å². The summed E-state index contributed by atoms with van der Waals surface area (Å²) in [4.78, 5) is 21.8. The molecule has 0 spiro atoms. The van der Waals surface area contributed by atoms with Crippen LogP contribution < -0.4 is 5.56 Å². The van der Waals surface area contributed by atoms with Crippen LogP contribution in [0, 0.1) is 16.0 Å². The van der Waals surface area contributed by atoms with Crippen molar-refractivity contribution in [3.05, 3.63) is 37.2 Å². The van der Waals surface area contributed by atoms with Gasteiger partial charge in [0.15, 0.2) is 0 Å². The Bertz CT molecular complexity index is 461. The van der Waals surface area contributed by atoms with Gasteiger partial charge in [-0.15, -0.1) is 0 Å². The van der Waals surface area contributed by atoms with E-state index in [0.29, 0.717) is 12.3 Å². The lowest BCUT2D eigenvalue weighted by molar-refractivity contribution is -0.385. The molecule has 0 aliphatic heterocycles. The summed E-state index contributed by atoms with van der Waals surface area (Å²) in [6.45, 7) is 2.34. The fourth-order valence-corrected chi connectivity index (χ4v) is 1.79. The summed E-state index contributed by atoms with van der Waals surface area (Å²) in [5.74, 6) is 0.794. The summed E-state index contributed by atoms with van der Waals surface area (Å²) in [5, 5.41) is 10.6. The molecule has 0 fully saturated rings. The highest BCUT2D eigenvalue weighted by molar-refractivity contribution is 9.10. The lowest BCUT2D eigenvalue weighted by atomic mass is 10.2. The molecule has 0 aliphatic rings. The van der Waals surface area contributed by atoms with E-state index in [0.717, 1.165) is 0 Å². The summed E-state index contributed by atoms with van der Waals surface area (Å²) in [7, 11) is 0. The quantitative estimate of drug-likeness (QED) is 0.526. The number of halogens is 1. The minimum absolute atomic E-state index is 0.0992. The number of thiol groups is 1. The molecule has 1 aromatic rings. The minimum Gasteiger partial charge on any atom is -0.308 e. The van der Waals surface area contributed by atoms with Crippen molar-refractivity contribution in [2.24, 2.45) is 5.92 Å². The second kappa shape index (κ2) is 5.49. The molecular weight excluding hydrogens is 296 g/mol. The standard InChI is InChI=1S/C9H11BrN2O3S/c1-6(5-16)3-11-4-7(12(14)15)2-8(10)9(11)13/h2,4,6,16H,3,5H2,1H3. The molecule has 0 radical (unpaired) electrons. The maximum Gasteiger partial charge on any atom is 0.286 e. The molecule has 1 heterocycles. The second-order valence-corrected chi connectivity index (χ2v) is 4.77. The largest absolute Gasteiger partial charge is 0.308 e. The van der Waals surface area contributed by atoms with Crippen LogP contribution in [0.3, 0.4) is 0 Å². The second-order valence-electron chi connectivity index (χ2n) is 3.55. The highest BCUT2D eigenvalue weighted by Crippen LogP contribution is 2.15. The van der Waals surface area contributed by atoms with Gasteiger partial charge in [0.2, 0.25) is 0 Å². The Morgan fingerprint density at radius 3 is 2.81 bits per heavy atom. The van der Waals surface area contributed by atoms with E-state index in [2.05, 4.69) is 28.6 Å². The number of nitro groups is 1. The number of pyridine rings is 1. The smallest absolute Gasteiger partial charge is 0.286 e. The van der Waals surface area contributed by atoms with E-state index in [1.807, 2.05) is 6.92 Å². The van der Waals surface area contributed by atoms with Crippen molar-refractivity contribution in [3.8, 4) is 0 Å². The summed E-state index contributed by atoms with van der Waals surface area (Å²) >= 11 is 7.13. The number of nitrogens with zero attached hydrogens (tertiary/aromatic N) is 2. The Kier molecular flexibility index (Phi) is 4.55. The Morgan fingerprint density at radius 1 is 1.69 bits per heavy atom. The summed E-state index contributed by atoms with van der Waals surface area (Å²) in [5.41, 5.74) is -0.364. The Balaban J connectivity index is 3.17. The average Bonchev–Trinajstić information content (AvgIpc) is 2.23. The zero-order valence-corrected chi connectivity index (χ0v) is 11.1. The molecule has 1 unspecified atom stereocenters. The van der Waals surface area contributed by atoms with Gasteiger partial charge in [-0.2, -0.15) is 12.6 Å². The van der Waals surface area contributed by atoms with E-state index in [1.165, 1.54) is 16.8 Å². The molecule has 0 aromatic carbocycles. The molecule has 0 aliphatic carbocycles. The van der Waals surface area contributed by atoms with Crippen LogP contribution in [0.1, 0.15) is 6.92 Å². The molecule has 0 amide bonds. The molecule has 5 nitrogen and oxygen atoms in total. The normalized spacial score (nSPS) is 12.4. The van der Waals surface area contributed by atoms with Crippen LogP contribution in [0.2, 0.25) is 0 Å². The van der Waals surface area contributed by atoms with E-state index in [9.17, 15) is 14.9 Å². The average molecular weight is 307 g/mol. The first-order chi connectivity index (χ1) is 7.45. The Hall–Kier alpha value is -0.820. The SMILES string of the molecule is CC(CS)Cn1cc([N+](=O)[O-])cc(Br)c1=O. The molecule has 0 N–H and O–H groups in total. The summed E-state index contributed by atoms with van der Waals surface area (Å²) in [6.07, 6.45) is 1.26. The van der Waals surface area contributed by atoms with Gasteiger partial charge in [-0.3, -0.25) is 14.9 Å². The highest BCUT2D eigenvalue weighted by atomic mass is 79.9. The highest BCUT2D eigenvalue weighted by Gasteiger charge is 2.13. The van der Waals surface area contributed by atoms with Gasteiger partial charge in [0.1, 0.15) is 0 Å². The van der Waals surface area contributed by atoms with Crippen molar-refractivity contribution in [1.29, 1.82) is 0 Å². The van der Waals surface area contributed by atoms with Crippen LogP contribution in [-0.4, -0.2) is 15.2 Å². The van der Waals surface area contributed by atoms with Crippen LogP contribution in [0.15, 0.2) is 21.5 Å². The Morgan fingerprint density at radius 2 is 2.31 bits per heavy atom. The number of hydrogen-bond donors (Lipinski definition) is 1. The van der Waals surface area contributed by atoms with Crippen LogP contribution in [0.5, 0.6) is 0 Å². The molecule has 1 rings (SSSR count). The van der Waals surface area contributed by atoms with Crippen molar-refractivity contribution >= 4 is 34.2 Å². The van der Waals surface area contributed by atoms with E-state index in [-0.39, 0.29) is 21.6 Å². The van der Waals surface area contributed by atoms with Gasteiger partial charge in [0.05, 0.1) is 15.6 Å². The third-order valence-electron chi connectivity index (χ3n) is 2.06. The fourth-order valence-electron chi connectivity index (χ4n) is 1.21. The first kappa shape index (κ1) is 13.2. The summed E-state index contributed by atoms with van der Waals surface area (Å²) in [6, 6.07) is 1.21. The van der Waals surface area contributed by atoms with Crippen molar-refractivity contribution < 1.29 is 4.92 Å². The lowest BCUT2D eigenvalue weighted by Crippen LogP contribution is -2.24. The van der Waals surface area contributed by atoms with Crippen molar-refractivity contribution in [2.75, 3.05) is 5.75 Å². The van der Waals surface area contributed by atoms with Crippen molar-refractivity contribution in [3.63, 3.8) is 0 Å². The third-order valence-corrected chi connectivity index (χ3v) is 3.25. The molecule has 1 atom stereocenters. The first-order valence-corrected chi connectivity index (χ1v) is 6.03. The minimum atomic E-state index is -0.522. The van der Waals surface area contributed by atoms with Crippen LogP contribution in [-0.2, 0) is 6.54 Å².